The van der Waals surface area contributed by atoms with E-state index in [1.807, 2.05) is 0 Å². The van der Waals surface area contributed by atoms with Gasteiger partial charge in [0.05, 0.1) is 0 Å². The summed E-state index contributed by atoms with van der Waals surface area (Å²) >= 11 is 4.25. The molecule has 1 saturated heterocycles. The summed E-state index contributed by atoms with van der Waals surface area (Å²) in [6.07, 6.45) is -4.33. The molecule has 0 unspecified atom stereocenters. The molecule has 0 radical (unpaired) electrons. The van der Waals surface area contributed by atoms with Crippen LogP contribution >= 0.6 is 12.6 Å². The van der Waals surface area contributed by atoms with Gasteiger partial charge in [0.2, 0.25) is 6.29 Å². The van der Waals surface area contributed by atoms with Gasteiger partial charge >= 0.3 is 23.9 Å². The predicted molar refractivity (Wildman–Crippen MR) is 80.9 cm³/mol. The van der Waals surface area contributed by atoms with Crippen LogP contribution in [0.5, 0.6) is 0 Å². The normalized spacial score (nSPS) is 29.3. The number of carbonyl (C=O) groups excluding carboxylic acids is 4. The highest BCUT2D eigenvalue weighted by Crippen LogP contribution is 2.30. The van der Waals surface area contributed by atoms with Crippen LogP contribution in [0, 0.1) is 0 Å². The van der Waals surface area contributed by atoms with Crippen LogP contribution in [-0.2, 0) is 42.9 Å². The molecule has 5 atom stereocenters. The third kappa shape index (κ3) is 6.00. The molecule has 9 nitrogen and oxygen atoms in total. The summed E-state index contributed by atoms with van der Waals surface area (Å²) in [5.41, 5.74) is 0. The lowest BCUT2D eigenvalue weighted by atomic mass is 10.0. The van der Waals surface area contributed by atoms with Gasteiger partial charge in [0.15, 0.2) is 12.2 Å². The van der Waals surface area contributed by atoms with Crippen molar-refractivity contribution < 1.29 is 42.9 Å². The summed E-state index contributed by atoms with van der Waals surface area (Å²) in [7, 11) is 0. The summed E-state index contributed by atoms with van der Waals surface area (Å²) in [6, 6.07) is 0. The van der Waals surface area contributed by atoms with Crippen molar-refractivity contribution in [3.8, 4) is 0 Å². The van der Waals surface area contributed by atoms with Crippen LogP contribution in [0.3, 0.4) is 0 Å². The van der Waals surface area contributed by atoms with E-state index >= 15 is 0 Å². The van der Waals surface area contributed by atoms with E-state index in [0.717, 1.165) is 0 Å². The number of hydrogen-bond acceptors (Lipinski definition) is 10. The first-order chi connectivity index (χ1) is 11.1. The number of carbonyl (C=O) groups is 4. The van der Waals surface area contributed by atoms with Gasteiger partial charge in [-0.25, -0.2) is 0 Å². The zero-order chi connectivity index (χ0) is 18.4. The molecule has 0 spiro atoms. The second-order valence-corrected chi connectivity index (χ2v) is 5.69. The molecule has 0 aromatic carbocycles. The summed E-state index contributed by atoms with van der Waals surface area (Å²) in [5, 5.41) is -0.907. The molecule has 1 fully saturated rings. The summed E-state index contributed by atoms with van der Waals surface area (Å²) in [4.78, 5) is 44.9. The molecule has 0 N–H and O–H groups in total. The fourth-order valence-corrected chi connectivity index (χ4v) is 2.51. The maximum Gasteiger partial charge on any atom is 0.304 e. The molecular formula is C14H20O9S. The van der Waals surface area contributed by atoms with Crippen LogP contribution in [0.2, 0.25) is 0 Å². The van der Waals surface area contributed by atoms with Gasteiger partial charge in [-0.05, 0) is 0 Å². The quantitative estimate of drug-likeness (QED) is 0.409. The minimum absolute atomic E-state index is 0.288. The Kier molecular flexibility index (Phi) is 7.49. The second kappa shape index (κ2) is 8.88. The van der Waals surface area contributed by atoms with E-state index in [1.165, 1.54) is 27.7 Å². The highest BCUT2D eigenvalue weighted by Gasteiger charge is 2.50. The lowest BCUT2D eigenvalue weighted by Gasteiger charge is -2.42. The maximum absolute atomic E-state index is 11.4. The highest BCUT2D eigenvalue weighted by molar-refractivity contribution is 7.81. The molecule has 24 heavy (non-hydrogen) atoms. The van der Waals surface area contributed by atoms with Gasteiger partial charge in [-0.15, -0.1) is 0 Å². The van der Waals surface area contributed by atoms with E-state index in [2.05, 4.69) is 12.6 Å². The van der Waals surface area contributed by atoms with Crippen molar-refractivity contribution >= 4 is 36.5 Å². The van der Waals surface area contributed by atoms with Crippen LogP contribution < -0.4 is 0 Å². The standard InChI is InChI=1S/C14H20O9S/c1-6(15)19-5-10-11(20-7(2)16)12(21-8(3)17)13(24)14(23-10)22-9(4)18/h10-14,24H,5H2,1-4H3/t10-,11-,12+,13-,14-/m1/s1. The fraction of sp³-hybridized carbons (Fsp3) is 0.714. The smallest absolute Gasteiger partial charge is 0.304 e. The first-order valence-electron chi connectivity index (χ1n) is 7.10. The molecule has 1 aliphatic rings. The van der Waals surface area contributed by atoms with Gasteiger partial charge in [0.25, 0.3) is 0 Å². The third-order valence-corrected chi connectivity index (χ3v) is 3.49. The van der Waals surface area contributed by atoms with Gasteiger partial charge < -0.3 is 23.7 Å². The molecule has 136 valence electrons. The van der Waals surface area contributed by atoms with Crippen molar-refractivity contribution in [3.05, 3.63) is 0 Å². The third-order valence-electron chi connectivity index (χ3n) is 2.95. The van der Waals surface area contributed by atoms with Crippen molar-refractivity contribution in [2.45, 2.75) is 57.5 Å². The SMILES string of the molecule is CC(=O)OC[C@H]1O[C@@H](OC(C)=O)[C@H](S)[C@@H](OC(C)=O)[C@@H]1OC(C)=O. The summed E-state index contributed by atoms with van der Waals surface area (Å²) in [6.45, 7) is 4.41. The van der Waals surface area contributed by atoms with E-state index in [-0.39, 0.29) is 6.61 Å². The van der Waals surface area contributed by atoms with Crippen LogP contribution in [0.15, 0.2) is 0 Å². The zero-order valence-corrected chi connectivity index (χ0v) is 14.6. The maximum atomic E-state index is 11.4. The molecule has 0 saturated carbocycles. The molecule has 0 aromatic rings. The van der Waals surface area contributed by atoms with Gasteiger partial charge in [-0.1, -0.05) is 0 Å². The number of thiol groups is 1. The Balaban J connectivity index is 3.08. The molecule has 0 aromatic heterocycles. The van der Waals surface area contributed by atoms with Crippen LogP contribution in [0.25, 0.3) is 0 Å². The lowest BCUT2D eigenvalue weighted by Crippen LogP contribution is -2.60. The Labute approximate surface area is 144 Å². The van der Waals surface area contributed by atoms with E-state index < -0.39 is 53.7 Å². The topological polar surface area (TPSA) is 114 Å². The Morgan fingerprint density at radius 1 is 0.833 bits per heavy atom. The van der Waals surface area contributed by atoms with Gasteiger partial charge in [0, 0.05) is 27.7 Å². The zero-order valence-electron chi connectivity index (χ0n) is 13.7. The van der Waals surface area contributed by atoms with Crippen LogP contribution in [-0.4, -0.2) is 60.3 Å². The van der Waals surface area contributed by atoms with Crippen LogP contribution in [0.1, 0.15) is 27.7 Å². The minimum atomic E-state index is -1.18. The van der Waals surface area contributed by atoms with Gasteiger partial charge in [0.1, 0.15) is 18.0 Å². The van der Waals surface area contributed by atoms with E-state index in [1.54, 1.807) is 0 Å². The molecule has 0 bridgehead atoms. The Morgan fingerprint density at radius 3 is 1.79 bits per heavy atom. The average Bonchev–Trinajstić information content (AvgIpc) is 2.42. The predicted octanol–water partition coefficient (Wildman–Crippen LogP) is -0.000700. The number of ether oxygens (including phenoxy) is 5. The average molecular weight is 364 g/mol. The first kappa shape index (κ1) is 20.2. The minimum Gasteiger partial charge on any atom is -0.463 e. The molecule has 10 heteroatoms. The number of esters is 4. The Morgan fingerprint density at radius 2 is 1.33 bits per heavy atom. The second-order valence-electron chi connectivity index (χ2n) is 5.09. The van der Waals surface area contributed by atoms with Crippen molar-refractivity contribution in [3.63, 3.8) is 0 Å². The monoisotopic (exact) mass is 364 g/mol. The van der Waals surface area contributed by atoms with Crippen molar-refractivity contribution in [2.75, 3.05) is 6.61 Å². The molecule has 0 aliphatic carbocycles. The number of hydrogen-bond donors (Lipinski definition) is 1. The molecular weight excluding hydrogens is 344 g/mol. The van der Waals surface area contributed by atoms with Gasteiger partial charge in [-0.3, -0.25) is 19.2 Å². The van der Waals surface area contributed by atoms with Crippen molar-refractivity contribution in [1.82, 2.24) is 0 Å². The van der Waals surface area contributed by atoms with Crippen LogP contribution in [0.4, 0.5) is 0 Å². The largest absolute Gasteiger partial charge is 0.463 e. The van der Waals surface area contributed by atoms with E-state index in [9.17, 15) is 19.2 Å². The van der Waals surface area contributed by atoms with E-state index in [0.29, 0.717) is 0 Å². The lowest BCUT2D eigenvalue weighted by molar-refractivity contribution is -0.256. The molecule has 1 rings (SSSR count). The van der Waals surface area contributed by atoms with Crippen molar-refractivity contribution in [2.24, 2.45) is 0 Å². The summed E-state index contributed by atoms with van der Waals surface area (Å²) < 4.78 is 25.7. The van der Waals surface area contributed by atoms with Crippen molar-refractivity contribution in [1.29, 1.82) is 0 Å². The Hall–Kier alpha value is -1.81. The highest BCUT2D eigenvalue weighted by atomic mass is 32.1. The van der Waals surface area contributed by atoms with Gasteiger partial charge in [-0.2, -0.15) is 12.6 Å². The van der Waals surface area contributed by atoms with E-state index in [4.69, 9.17) is 23.7 Å². The molecule has 1 heterocycles. The first-order valence-corrected chi connectivity index (χ1v) is 7.62. The fourth-order valence-electron chi connectivity index (χ4n) is 2.15. The Bertz CT molecular complexity index is 490. The molecule has 0 amide bonds. The number of rotatable bonds is 5. The summed E-state index contributed by atoms with van der Waals surface area (Å²) in [5.74, 6) is -2.52. The molecule has 1 aliphatic heterocycles.